The zero-order valence-corrected chi connectivity index (χ0v) is 19.9. The van der Waals surface area contributed by atoms with Gasteiger partial charge in [-0.1, -0.05) is 26.0 Å². The molecule has 9 heteroatoms. The molecule has 0 radical (unpaired) electrons. The molecule has 0 unspecified atom stereocenters. The van der Waals surface area contributed by atoms with Crippen LogP contribution in [0, 0.1) is 5.41 Å². The molecule has 2 fully saturated rings. The minimum Gasteiger partial charge on any atom is -0.438 e. The molecule has 1 N–H and O–H groups in total. The number of hydrogen-bond donors (Lipinski definition) is 1. The predicted molar refractivity (Wildman–Crippen MR) is 128 cm³/mol. The number of amides is 1. The Balaban J connectivity index is 0.00000133. The van der Waals surface area contributed by atoms with Crippen molar-refractivity contribution in [3.8, 4) is 11.6 Å². The minimum absolute atomic E-state index is 0.0632. The number of anilines is 1. The molecule has 9 nitrogen and oxygen atoms in total. The van der Waals surface area contributed by atoms with Crippen LogP contribution in [0.15, 0.2) is 42.6 Å². The van der Waals surface area contributed by atoms with E-state index >= 15 is 0 Å². The number of carbonyl (C=O) groups excluding carboxylic acids is 2. The maximum absolute atomic E-state index is 12.5. The van der Waals surface area contributed by atoms with Gasteiger partial charge in [-0.05, 0) is 37.1 Å². The van der Waals surface area contributed by atoms with Crippen LogP contribution in [0.1, 0.15) is 32.8 Å². The van der Waals surface area contributed by atoms with Gasteiger partial charge in [-0.15, -0.1) is 5.10 Å². The number of nitrogens with one attached hydrogen (secondary N) is 1. The topological polar surface area (TPSA) is 98.1 Å². The van der Waals surface area contributed by atoms with Crippen molar-refractivity contribution in [3.63, 3.8) is 0 Å². The second kappa shape index (κ2) is 10.2. The van der Waals surface area contributed by atoms with Crippen molar-refractivity contribution in [3.05, 3.63) is 48.2 Å². The maximum Gasteiger partial charge on any atom is 0.241 e. The van der Waals surface area contributed by atoms with Crippen LogP contribution in [0.25, 0.3) is 5.65 Å². The van der Waals surface area contributed by atoms with Crippen LogP contribution in [-0.2, 0) is 20.7 Å². The number of likely N-dealkylation sites (tertiary alicyclic amines) is 1. The van der Waals surface area contributed by atoms with Crippen LogP contribution in [0.4, 0.5) is 5.82 Å². The summed E-state index contributed by atoms with van der Waals surface area (Å²) in [5, 5.41) is 7.54. The molecule has 1 aromatic carbocycles. The Morgan fingerprint density at radius 1 is 1.21 bits per heavy atom. The molecule has 5 rings (SSSR count). The summed E-state index contributed by atoms with van der Waals surface area (Å²) in [6.07, 6.45) is 3.11. The summed E-state index contributed by atoms with van der Waals surface area (Å²) in [4.78, 5) is 30.3. The third-order valence-electron chi connectivity index (χ3n) is 5.90. The van der Waals surface area contributed by atoms with Crippen LogP contribution < -0.4 is 10.1 Å². The normalized spacial score (nSPS) is 16.0. The summed E-state index contributed by atoms with van der Waals surface area (Å²) in [6.45, 7) is 8.82. The van der Waals surface area contributed by atoms with E-state index in [-0.39, 0.29) is 23.7 Å². The van der Waals surface area contributed by atoms with Crippen molar-refractivity contribution >= 4 is 23.2 Å². The third kappa shape index (κ3) is 5.36. The zero-order valence-electron chi connectivity index (χ0n) is 19.9. The van der Waals surface area contributed by atoms with E-state index in [0.717, 1.165) is 38.3 Å². The standard InChI is InChI=1S/C23H25N5O4.C2H6/c1-16(29)9-17-3-2-4-18(10-17)32-21-6-5-20-25-19(12-28(20)26-21)24-11-22(30)27-8-7-23(13-27)14-31-15-23;1-2/h2-6,10,12,24H,7-9,11,13-15H2,1H3;1-2H3. The molecule has 0 atom stereocenters. The number of nitrogens with zero attached hydrogens (tertiary/aromatic N) is 4. The molecule has 4 heterocycles. The number of hydrogen-bond acceptors (Lipinski definition) is 7. The van der Waals surface area contributed by atoms with Gasteiger partial charge in [0.25, 0.3) is 0 Å². The second-order valence-electron chi connectivity index (χ2n) is 8.64. The van der Waals surface area contributed by atoms with Gasteiger partial charge in [-0.2, -0.15) is 0 Å². The molecule has 3 aromatic rings. The lowest BCUT2D eigenvalue weighted by Crippen LogP contribution is -2.46. The van der Waals surface area contributed by atoms with Gasteiger partial charge in [0.15, 0.2) is 5.65 Å². The number of aromatic nitrogens is 3. The highest BCUT2D eigenvalue weighted by molar-refractivity contribution is 5.81. The fourth-order valence-corrected chi connectivity index (χ4v) is 4.18. The Morgan fingerprint density at radius 2 is 2.03 bits per heavy atom. The van der Waals surface area contributed by atoms with Crippen LogP contribution in [0.5, 0.6) is 11.6 Å². The monoisotopic (exact) mass is 465 g/mol. The van der Waals surface area contributed by atoms with Gasteiger partial charge >= 0.3 is 0 Å². The van der Waals surface area contributed by atoms with E-state index in [2.05, 4.69) is 15.4 Å². The molecular formula is C25H31N5O4. The van der Waals surface area contributed by atoms with Gasteiger partial charge in [0.1, 0.15) is 17.4 Å². The third-order valence-corrected chi connectivity index (χ3v) is 5.90. The van der Waals surface area contributed by atoms with Crippen molar-refractivity contribution in [1.29, 1.82) is 0 Å². The Morgan fingerprint density at radius 3 is 2.74 bits per heavy atom. The summed E-state index contributed by atoms with van der Waals surface area (Å²) >= 11 is 0. The Labute approximate surface area is 199 Å². The molecule has 2 saturated heterocycles. The largest absolute Gasteiger partial charge is 0.438 e. The van der Waals surface area contributed by atoms with Crippen LogP contribution in [0.2, 0.25) is 0 Å². The first-order valence-electron chi connectivity index (χ1n) is 11.7. The fraction of sp³-hybridized carbons (Fsp3) is 0.440. The molecule has 0 saturated carbocycles. The highest BCUT2D eigenvalue weighted by Gasteiger charge is 2.45. The first kappa shape index (κ1) is 23.7. The quantitative estimate of drug-likeness (QED) is 0.571. The molecular weight excluding hydrogens is 434 g/mol. The first-order valence-corrected chi connectivity index (χ1v) is 11.7. The molecule has 180 valence electrons. The number of carbonyl (C=O) groups is 2. The fourth-order valence-electron chi connectivity index (χ4n) is 4.18. The van der Waals surface area contributed by atoms with Crippen molar-refractivity contribution in [1.82, 2.24) is 19.5 Å². The van der Waals surface area contributed by atoms with Gasteiger partial charge in [0.05, 0.1) is 26.0 Å². The number of rotatable bonds is 7. The van der Waals surface area contributed by atoms with E-state index < -0.39 is 0 Å². The molecule has 1 amide bonds. The van der Waals surface area contributed by atoms with Crippen LogP contribution in [0.3, 0.4) is 0 Å². The van der Waals surface area contributed by atoms with Crippen LogP contribution in [-0.4, -0.2) is 64.0 Å². The molecule has 0 bridgehead atoms. The number of benzene rings is 1. The van der Waals surface area contributed by atoms with E-state index in [1.165, 1.54) is 0 Å². The molecule has 2 aliphatic heterocycles. The average Bonchev–Trinajstić information content (AvgIpc) is 3.43. The lowest BCUT2D eigenvalue weighted by molar-refractivity contribution is -0.133. The summed E-state index contributed by atoms with van der Waals surface area (Å²) in [5.74, 6) is 1.75. The van der Waals surface area contributed by atoms with E-state index in [9.17, 15) is 9.59 Å². The van der Waals surface area contributed by atoms with Gasteiger partial charge < -0.3 is 19.7 Å². The smallest absolute Gasteiger partial charge is 0.241 e. The highest BCUT2D eigenvalue weighted by atomic mass is 16.5. The number of ether oxygens (including phenoxy) is 2. The summed E-state index contributed by atoms with van der Waals surface area (Å²) < 4.78 is 12.8. The number of ketones is 1. The van der Waals surface area contributed by atoms with E-state index in [1.54, 1.807) is 29.8 Å². The van der Waals surface area contributed by atoms with Crippen molar-refractivity contribution in [2.75, 3.05) is 38.2 Å². The maximum atomic E-state index is 12.5. The lowest BCUT2D eigenvalue weighted by Gasteiger charge is -2.37. The van der Waals surface area contributed by atoms with Gasteiger partial charge in [-0.3, -0.25) is 9.59 Å². The van der Waals surface area contributed by atoms with E-state index in [1.807, 2.05) is 43.0 Å². The summed E-state index contributed by atoms with van der Waals surface area (Å²) in [6, 6.07) is 10.9. The predicted octanol–water partition coefficient (Wildman–Crippen LogP) is 3.34. The summed E-state index contributed by atoms with van der Waals surface area (Å²) in [7, 11) is 0. The molecule has 0 aliphatic carbocycles. The number of Topliss-reactive ketones (excluding diaryl/α,β-unsaturated/α-hetero) is 1. The van der Waals surface area contributed by atoms with Gasteiger partial charge in [-0.25, -0.2) is 9.50 Å². The summed E-state index contributed by atoms with van der Waals surface area (Å²) in [5.41, 5.74) is 1.72. The Bertz CT molecular complexity index is 1170. The van der Waals surface area contributed by atoms with Crippen molar-refractivity contribution in [2.24, 2.45) is 5.41 Å². The SMILES string of the molecule is CC.CC(=O)Cc1cccc(Oc2ccc3nc(NCC(=O)N4CCC5(COC5)C4)cn3n2)c1. The van der Waals surface area contributed by atoms with Gasteiger partial charge in [0, 0.05) is 31.0 Å². The van der Waals surface area contributed by atoms with Crippen molar-refractivity contribution < 1.29 is 19.1 Å². The Kier molecular flexibility index (Phi) is 7.12. The minimum atomic E-state index is 0.0632. The van der Waals surface area contributed by atoms with Gasteiger partial charge in [0.2, 0.25) is 11.8 Å². The zero-order chi connectivity index (χ0) is 24.1. The van der Waals surface area contributed by atoms with Crippen LogP contribution >= 0.6 is 0 Å². The molecule has 1 spiro atoms. The molecule has 2 aromatic heterocycles. The molecule has 2 aliphatic rings. The second-order valence-corrected chi connectivity index (χ2v) is 8.64. The highest BCUT2D eigenvalue weighted by Crippen LogP contribution is 2.37. The van der Waals surface area contributed by atoms with E-state index in [4.69, 9.17) is 9.47 Å². The lowest BCUT2D eigenvalue weighted by atomic mass is 9.85. The van der Waals surface area contributed by atoms with E-state index in [0.29, 0.717) is 29.5 Å². The first-order chi connectivity index (χ1) is 16.5. The number of imidazole rings is 1. The molecule has 34 heavy (non-hydrogen) atoms. The average molecular weight is 466 g/mol. The number of fused-ring (bicyclic) bond motifs is 1. The van der Waals surface area contributed by atoms with Crippen molar-refractivity contribution in [2.45, 2.75) is 33.6 Å². The Hall–Kier alpha value is -3.46.